The average molecular weight is 333 g/mol. The summed E-state index contributed by atoms with van der Waals surface area (Å²) in [5.74, 6) is 0.688. The first-order valence-corrected chi connectivity index (χ1v) is 8.20. The number of piperazine rings is 1. The Hall–Kier alpha value is -2.28. The number of carbonyl (C=O) groups excluding carboxylic acids is 2. The SMILES string of the molecule is COc1ccc(N2CCN(C(=O)N3CCOCC3)[C@H](C)C2=O)cc1. The Labute approximate surface area is 141 Å². The van der Waals surface area contributed by atoms with Crippen LogP contribution in [0, 0.1) is 0 Å². The van der Waals surface area contributed by atoms with Crippen LogP contribution in [0.3, 0.4) is 0 Å². The lowest BCUT2D eigenvalue weighted by atomic mass is 10.1. The van der Waals surface area contributed by atoms with E-state index < -0.39 is 6.04 Å². The zero-order valence-electron chi connectivity index (χ0n) is 14.1. The molecule has 0 unspecified atom stereocenters. The highest BCUT2D eigenvalue weighted by molar-refractivity contribution is 6.00. The summed E-state index contributed by atoms with van der Waals surface area (Å²) in [4.78, 5) is 30.5. The van der Waals surface area contributed by atoms with E-state index in [2.05, 4.69) is 0 Å². The molecule has 7 heteroatoms. The second-order valence-corrected chi connectivity index (χ2v) is 5.94. The fourth-order valence-electron chi connectivity index (χ4n) is 3.09. The van der Waals surface area contributed by atoms with Crippen molar-refractivity contribution in [3.63, 3.8) is 0 Å². The summed E-state index contributed by atoms with van der Waals surface area (Å²) in [6.45, 7) is 5.08. The first-order valence-electron chi connectivity index (χ1n) is 8.20. The molecule has 0 spiro atoms. The van der Waals surface area contributed by atoms with Gasteiger partial charge in [-0.3, -0.25) is 4.79 Å². The van der Waals surface area contributed by atoms with Gasteiger partial charge in [0.1, 0.15) is 11.8 Å². The van der Waals surface area contributed by atoms with Crippen molar-refractivity contribution in [3.05, 3.63) is 24.3 Å². The Morgan fingerprint density at radius 3 is 2.42 bits per heavy atom. The number of nitrogens with zero attached hydrogens (tertiary/aromatic N) is 3. The Balaban J connectivity index is 1.69. The third-order valence-electron chi connectivity index (χ3n) is 4.57. The molecule has 7 nitrogen and oxygen atoms in total. The van der Waals surface area contributed by atoms with E-state index >= 15 is 0 Å². The van der Waals surface area contributed by atoms with Crippen LogP contribution in [0.1, 0.15) is 6.92 Å². The van der Waals surface area contributed by atoms with Crippen LogP contribution in [0.25, 0.3) is 0 Å². The normalized spacial score (nSPS) is 21.8. The number of methoxy groups -OCH3 is 1. The van der Waals surface area contributed by atoms with Gasteiger partial charge < -0.3 is 24.2 Å². The van der Waals surface area contributed by atoms with Crippen molar-refractivity contribution in [2.45, 2.75) is 13.0 Å². The van der Waals surface area contributed by atoms with Crippen molar-refractivity contribution in [1.29, 1.82) is 0 Å². The second kappa shape index (κ2) is 7.09. The summed E-state index contributed by atoms with van der Waals surface area (Å²) in [7, 11) is 1.61. The largest absolute Gasteiger partial charge is 0.497 e. The number of ether oxygens (including phenoxy) is 2. The van der Waals surface area contributed by atoms with Gasteiger partial charge in [0, 0.05) is 31.9 Å². The minimum Gasteiger partial charge on any atom is -0.497 e. The van der Waals surface area contributed by atoms with Gasteiger partial charge in [0.25, 0.3) is 0 Å². The third-order valence-corrected chi connectivity index (χ3v) is 4.57. The van der Waals surface area contributed by atoms with Crippen molar-refractivity contribution >= 4 is 17.6 Å². The molecule has 2 heterocycles. The third kappa shape index (κ3) is 3.17. The molecule has 0 saturated carbocycles. The van der Waals surface area contributed by atoms with E-state index in [0.29, 0.717) is 39.4 Å². The van der Waals surface area contributed by atoms with Gasteiger partial charge in [0.2, 0.25) is 5.91 Å². The quantitative estimate of drug-likeness (QED) is 0.815. The number of hydrogen-bond acceptors (Lipinski definition) is 4. The molecule has 0 aliphatic carbocycles. The molecule has 1 atom stereocenters. The molecule has 130 valence electrons. The summed E-state index contributed by atoms with van der Waals surface area (Å²) in [5.41, 5.74) is 0.825. The van der Waals surface area contributed by atoms with Crippen LogP contribution in [0.15, 0.2) is 24.3 Å². The maximum Gasteiger partial charge on any atom is 0.320 e. The van der Waals surface area contributed by atoms with E-state index in [1.54, 1.807) is 28.7 Å². The summed E-state index contributed by atoms with van der Waals surface area (Å²) in [6.07, 6.45) is 0. The number of benzene rings is 1. The van der Waals surface area contributed by atoms with Crippen molar-refractivity contribution in [1.82, 2.24) is 9.80 Å². The van der Waals surface area contributed by atoms with Crippen LogP contribution >= 0.6 is 0 Å². The molecule has 1 aromatic rings. The Morgan fingerprint density at radius 2 is 1.79 bits per heavy atom. The average Bonchev–Trinajstić information content (AvgIpc) is 2.64. The number of hydrogen-bond donors (Lipinski definition) is 0. The van der Waals surface area contributed by atoms with Crippen LogP contribution in [0.2, 0.25) is 0 Å². The molecule has 0 aromatic heterocycles. The van der Waals surface area contributed by atoms with Gasteiger partial charge in [0.15, 0.2) is 0 Å². The highest BCUT2D eigenvalue weighted by Crippen LogP contribution is 2.23. The molecule has 0 bridgehead atoms. The molecule has 2 saturated heterocycles. The topological polar surface area (TPSA) is 62.3 Å². The van der Waals surface area contributed by atoms with Crippen LogP contribution in [0.4, 0.5) is 10.5 Å². The molecule has 3 rings (SSSR count). The summed E-state index contributed by atoms with van der Waals surface area (Å²) in [5, 5.41) is 0. The molecule has 3 amide bonds. The van der Waals surface area contributed by atoms with Gasteiger partial charge in [-0.25, -0.2) is 4.79 Å². The minimum absolute atomic E-state index is 0.0620. The van der Waals surface area contributed by atoms with Gasteiger partial charge >= 0.3 is 6.03 Å². The molecule has 2 aliphatic rings. The monoisotopic (exact) mass is 333 g/mol. The van der Waals surface area contributed by atoms with E-state index in [-0.39, 0.29) is 11.9 Å². The Bertz CT molecular complexity index is 598. The molecular formula is C17H23N3O4. The first kappa shape index (κ1) is 16.6. The number of urea groups is 1. The van der Waals surface area contributed by atoms with Gasteiger partial charge in [-0.1, -0.05) is 0 Å². The predicted octanol–water partition coefficient (Wildman–Crippen LogP) is 1.18. The fourth-order valence-corrected chi connectivity index (χ4v) is 3.09. The Kier molecular flexibility index (Phi) is 4.89. The van der Waals surface area contributed by atoms with Gasteiger partial charge in [-0.15, -0.1) is 0 Å². The van der Waals surface area contributed by atoms with E-state index in [1.807, 2.05) is 24.3 Å². The zero-order chi connectivity index (χ0) is 17.1. The van der Waals surface area contributed by atoms with Crippen molar-refractivity contribution in [2.75, 3.05) is 51.4 Å². The van der Waals surface area contributed by atoms with Crippen LogP contribution in [0.5, 0.6) is 5.75 Å². The lowest BCUT2D eigenvalue weighted by Gasteiger charge is -2.41. The van der Waals surface area contributed by atoms with Gasteiger partial charge in [-0.05, 0) is 31.2 Å². The number of amides is 3. The second-order valence-electron chi connectivity index (χ2n) is 5.94. The van der Waals surface area contributed by atoms with Crippen LogP contribution in [-0.4, -0.2) is 74.3 Å². The van der Waals surface area contributed by atoms with Crippen LogP contribution in [-0.2, 0) is 9.53 Å². The summed E-state index contributed by atoms with van der Waals surface area (Å²) in [6, 6.07) is 6.84. The number of morpholine rings is 1. The maximum atomic E-state index is 12.7. The number of carbonyl (C=O) groups is 2. The van der Waals surface area contributed by atoms with E-state index in [0.717, 1.165) is 11.4 Å². The first-order chi connectivity index (χ1) is 11.6. The fraction of sp³-hybridized carbons (Fsp3) is 0.529. The van der Waals surface area contributed by atoms with E-state index in [9.17, 15) is 9.59 Å². The summed E-state index contributed by atoms with van der Waals surface area (Å²) < 4.78 is 10.4. The smallest absolute Gasteiger partial charge is 0.320 e. The molecule has 2 fully saturated rings. The standard InChI is InChI=1S/C17H23N3O4/c1-13-16(21)20(14-3-5-15(23-2)6-4-14)8-7-19(13)17(22)18-9-11-24-12-10-18/h3-6,13H,7-12H2,1-2H3/t13-/m1/s1. The highest BCUT2D eigenvalue weighted by Gasteiger charge is 2.37. The molecule has 0 radical (unpaired) electrons. The maximum absolute atomic E-state index is 12.7. The predicted molar refractivity (Wildman–Crippen MR) is 89.3 cm³/mol. The molecule has 1 aromatic carbocycles. The minimum atomic E-state index is -0.476. The molecule has 2 aliphatic heterocycles. The molecule has 24 heavy (non-hydrogen) atoms. The van der Waals surface area contributed by atoms with Crippen molar-refractivity contribution in [2.24, 2.45) is 0 Å². The van der Waals surface area contributed by atoms with E-state index in [1.165, 1.54) is 0 Å². The lowest BCUT2D eigenvalue weighted by Crippen LogP contribution is -2.61. The lowest BCUT2D eigenvalue weighted by molar-refractivity contribution is -0.124. The summed E-state index contributed by atoms with van der Waals surface area (Å²) >= 11 is 0. The van der Waals surface area contributed by atoms with Crippen molar-refractivity contribution < 1.29 is 19.1 Å². The van der Waals surface area contributed by atoms with Gasteiger partial charge in [-0.2, -0.15) is 0 Å². The van der Waals surface area contributed by atoms with E-state index in [4.69, 9.17) is 9.47 Å². The highest BCUT2D eigenvalue weighted by atomic mass is 16.5. The van der Waals surface area contributed by atoms with Gasteiger partial charge in [0.05, 0.1) is 20.3 Å². The van der Waals surface area contributed by atoms with Crippen LogP contribution < -0.4 is 9.64 Å². The Morgan fingerprint density at radius 1 is 1.12 bits per heavy atom. The van der Waals surface area contributed by atoms with Crippen molar-refractivity contribution in [3.8, 4) is 5.75 Å². The molecular weight excluding hydrogens is 310 g/mol. The number of rotatable bonds is 2. The number of anilines is 1. The molecule has 0 N–H and O–H groups in total. The zero-order valence-corrected chi connectivity index (χ0v) is 14.1.